The van der Waals surface area contributed by atoms with Crippen molar-refractivity contribution < 1.29 is 14.6 Å². The van der Waals surface area contributed by atoms with Gasteiger partial charge in [-0.25, -0.2) is 0 Å². The van der Waals surface area contributed by atoms with Crippen LogP contribution in [0.2, 0.25) is 0 Å². The molecule has 5 heteroatoms. The van der Waals surface area contributed by atoms with Gasteiger partial charge in [-0.3, -0.25) is 4.79 Å². The molecule has 5 nitrogen and oxygen atoms in total. The van der Waals surface area contributed by atoms with Crippen molar-refractivity contribution in [2.24, 2.45) is 5.92 Å². The molecule has 2 unspecified atom stereocenters. The normalized spacial score (nSPS) is 20.3. The zero-order valence-electron chi connectivity index (χ0n) is 11.3. The zero-order chi connectivity index (χ0) is 13.8. The monoisotopic (exact) mass is 264 g/mol. The average Bonchev–Trinajstić information content (AvgIpc) is 2.89. The van der Waals surface area contributed by atoms with E-state index in [9.17, 15) is 9.90 Å². The third kappa shape index (κ3) is 2.98. The summed E-state index contributed by atoms with van der Waals surface area (Å²) in [5, 5.41) is 12.1. The first-order valence-corrected chi connectivity index (χ1v) is 6.44. The summed E-state index contributed by atoms with van der Waals surface area (Å²) >= 11 is 0. The molecule has 1 aliphatic rings. The molecule has 1 heterocycles. The molecule has 104 valence electrons. The Morgan fingerprint density at radius 1 is 1.58 bits per heavy atom. The Hall–Kier alpha value is -1.75. The maximum Gasteiger partial charge on any atom is 0.321 e. The summed E-state index contributed by atoms with van der Waals surface area (Å²) in [6.07, 6.45) is 0.884. The van der Waals surface area contributed by atoms with E-state index in [1.54, 1.807) is 14.2 Å². The molecule has 0 radical (unpaired) electrons. The number of benzene rings is 1. The van der Waals surface area contributed by atoms with Gasteiger partial charge in [-0.05, 0) is 25.6 Å². The molecule has 0 amide bonds. The Morgan fingerprint density at radius 2 is 2.37 bits per heavy atom. The number of methoxy groups -OCH3 is 1. The fourth-order valence-corrected chi connectivity index (χ4v) is 2.66. The number of carboxylic acids is 1. The highest BCUT2D eigenvalue weighted by Gasteiger charge is 2.33. The third-order valence-corrected chi connectivity index (χ3v) is 3.69. The quantitative estimate of drug-likeness (QED) is 0.836. The van der Waals surface area contributed by atoms with Crippen LogP contribution in [0.25, 0.3) is 0 Å². The van der Waals surface area contributed by atoms with Crippen LogP contribution in [0.1, 0.15) is 6.42 Å². The smallest absolute Gasteiger partial charge is 0.321 e. The van der Waals surface area contributed by atoms with Gasteiger partial charge >= 0.3 is 5.97 Å². The standard InChI is InChI=1S/C14H20N2O3/c1-15-13(14(17)18)10-6-7-16(9-10)11-4-3-5-12(8-11)19-2/h3-5,8,10,13,15H,6-7,9H2,1-2H3,(H,17,18). The number of likely N-dealkylation sites (N-methyl/N-ethyl adjacent to an activating group) is 1. The maximum absolute atomic E-state index is 11.2. The van der Waals surface area contributed by atoms with E-state index in [1.165, 1.54) is 0 Å². The van der Waals surface area contributed by atoms with E-state index in [-0.39, 0.29) is 5.92 Å². The minimum absolute atomic E-state index is 0.133. The Kier molecular flexibility index (Phi) is 4.27. The number of hydrogen-bond acceptors (Lipinski definition) is 4. The summed E-state index contributed by atoms with van der Waals surface area (Å²) < 4.78 is 5.21. The number of nitrogens with zero attached hydrogens (tertiary/aromatic N) is 1. The number of nitrogens with one attached hydrogen (secondary N) is 1. The lowest BCUT2D eigenvalue weighted by molar-refractivity contribution is -0.140. The van der Waals surface area contributed by atoms with Crippen LogP contribution in [-0.4, -0.2) is 44.4 Å². The molecule has 0 saturated carbocycles. The van der Waals surface area contributed by atoms with Crippen LogP contribution >= 0.6 is 0 Å². The number of rotatable bonds is 5. The van der Waals surface area contributed by atoms with Crippen LogP contribution in [0.15, 0.2) is 24.3 Å². The number of aliphatic carboxylic acids is 1. The minimum Gasteiger partial charge on any atom is -0.497 e. The van der Waals surface area contributed by atoms with Crippen molar-refractivity contribution in [1.29, 1.82) is 0 Å². The van der Waals surface area contributed by atoms with Gasteiger partial charge in [0.25, 0.3) is 0 Å². The molecule has 0 spiro atoms. The fraction of sp³-hybridized carbons (Fsp3) is 0.500. The SMILES string of the molecule is CNC(C(=O)O)C1CCN(c2cccc(OC)c2)C1. The Labute approximate surface area is 113 Å². The molecule has 1 aromatic carbocycles. The molecule has 1 fully saturated rings. The van der Waals surface area contributed by atoms with Gasteiger partial charge < -0.3 is 20.1 Å². The van der Waals surface area contributed by atoms with Gasteiger partial charge in [0.15, 0.2) is 0 Å². The summed E-state index contributed by atoms with van der Waals surface area (Å²) in [4.78, 5) is 13.4. The number of carboxylic acid groups (broad SMARTS) is 1. The molecule has 1 saturated heterocycles. The van der Waals surface area contributed by atoms with Crippen LogP contribution in [0.5, 0.6) is 5.75 Å². The number of ether oxygens (including phenoxy) is 1. The van der Waals surface area contributed by atoms with Crippen molar-refractivity contribution in [3.05, 3.63) is 24.3 Å². The number of anilines is 1. The Balaban J connectivity index is 2.07. The van der Waals surface area contributed by atoms with E-state index in [0.29, 0.717) is 0 Å². The number of carbonyl (C=O) groups is 1. The highest BCUT2D eigenvalue weighted by Crippen LogP contribution is 2.28. The topological polar surface area (TPSA) is 61.8 Å². The van der Waals surface area contributed by atoms with E-state index < -0.39 is 12.0 Å². The van der Waals surface area contributed by atoms with Crippen LogP contribution in [-0.2, 0) is 4.79 Å². The van der Waals surface area contributed by atoms with Crippen molar-refractivity contribution in [2.75, 3.05) is 32.1 Å². The molecule has 1 aromatic rings. The summed E-state index contributed by atoms with van der Waals surface area (Å²) in [5.41, 5.74) is 1.09. The van der Waals surface area contributed by atoms with E-state index in [1.807, 2.05) is 24.3 Å². The first kappa shape index (κ1) is 13.7. The summed E-state index contributed by atoms with van der Waals surface area (Å²) in [6, 6.07) is 7.40. The van der Waals surface area contributed by atoms with E-state index >= 15 is 0 Å². The van der Waals surface area contributed by atoms with Crippen molar-refractivity contribution in [3.63, 3.8) is 0 Å². The molecule has 1 aliphatic heterocycles. The predicted octanol–water partition coefficient (Wildman–Crippen LogP) is 1.19. The van der Waals surface area contributed by atoms with Crippen molar-refractivity contribution in [2.45, 2.75) is 12.5 Å². The Morgan fingerprint density at radius 3 is 3.00 bits per heavy atom. The molecule has 2 rings (SSSR count). The lowest BCUT2D eigenvalue weighted by Crippen LogP contribution is -2.41. The zero-order valence-corrected chi connectivity index (χ0v) is 11.3. The largest absolute Gasteiger partial charge is 0.497 e. The molecule has 2 N–H and O–H groups in total. The number of hydrogen-bond donors (Lipinski definition) is 2. The lowest BCUT2D eigenvalue weighted by Gasteiger charge is -2.22. The van der Waals surface area contributed by atoms with Crippen molar-refractivity contribution in [3.8, 4) is 5.75 Å². The van der Waals surface area contributed by atoms with Crippen molar-refractivity contribution >= 4 is 11.7 Å². The summed E-state index contributed by atoms with van der Waals surface area (Å²) in [7, 11) is 3.35. The second-order valence-electron chi connectivity index (χ2n) is 4.80. The van der Waals surface area contributed by atoms with E-state index in [4.69, 9.17) is 4.74 Å². The highest BCUT2D eigenvalue weighted by molar-refractivity contribution is 5.74. The lowest BCUT2D eigenvalue weighted by atomic mass is 9.99. The van der Waals surface area contributed by atoms with Gasteiger partial charge in [0.2, 0.25) is 0 Å². The molecule has 19 heavy (non-hydrogen) atoms. The third-order valence-electron chi connectivity index (χ3n) is 3.69. The van der Waals surface area contributed by atoms with Crippen LogP contribution in [0, 0.1) is 5.92 Å². The molecule has 0 bridgehead atoms. The first-order valence-electron chi connectivity index (χ1n) is 6.44. The van der Waals surface area contributed by atoms with Gasteiger partial charge in [-0.15, -0.1) is 0 Å². The van der Waals surface area contributed by atoms with Crippen LogP contribution in [0.4, 0.5) is 5.69 Å². The van der Waals surface area contributed by atoms with Gasteiger partial charge in [0, 0.05) is 30.8 Å². The highest BCUT2D eigenvalue weighted by atomic mass is 16.5. The average molecular weight is 264 g/mol. The molecule has 0 aromatic heterocycles. The fourth-order valence-electron chi connectivity index (χ4n) is 2.66. The van der Waals surface area contributed by atoms with Crippen LogP contribution < -0.4 is 15.0 Å². The first-order chi connectivity index (χ1) is 9.15. The summed E-state index contributed by atoms with van der Waals surface area (Å²) in [5.74, 6) is 0.179. The molecule has 0 aliphatic carbocycles. The maximum atomic E-state index is 11.2. The summed E-state index contributed by atoms with van der Waals surface area (Å²) in [6.45, 7) is 1.63. The van der Waals surface area contributed by atoms with Gasteiger partial charge in [0.1, 0.15) is 11.8 Å². The van der Waals surface area contributed by atoms with E-state index in [2.05, 4.69) is 10.2 Å². The molecule has 2 atom stereocenters. The Bertz CT molecular complexity index is 450. The second-order valence-corrected chi connectivity index (χ2v) is 4.80. The molecular weight excluding hydrogens is 244 g/mol. The van der Waals surface area contributed by atoms with Gasteiger partial charge in [-0.2, -0.15) is 0 Å². The minimum atomic E-state index is -0.778. The van der Waals surface area contributed by atoms with Gasteiger partial charge in [-0.1, -0.05) is 6.07 Å². The van der Waals surface area contributed by atoms with Crippen molar-refractivity contribution in [1.82, 2.24) is 5.32 Å². The van der Waals surface area contributed by atoms with E-state index in [0.717, 1.165) is 30.9 Å². The second kappa shape index (κ2) is 5.93. The van der Waals surface area contributed by atoms with Crippen LogP contribution in [0.3, 0.4) is 0 Å². The molecular formula is C14H20N2O3. The van der Waals surface area contributed by atoms with Gasteiger partial charge in [0.05, 0.1) is 7.11 Å². The predicted molar refractivity (Wildman–Crippen MR) is 73.8 cm³/mol.